The van der Waals surface area contributed by atoms with E-state index in [0.717, 1.165) is 6.08 Å². The number of ether oxygens (including phenoxy) is 2. The van der Waals surface area contributed by atoms with Crippen LogP contribution in [0.5, 0.6) is 0 Å². The van der Waals surface area contributed by atoms with Crippen LogP contribution in [0.1, 0.15) is 19.3 Å². The largest absolute Gasteiger partial charge is 0.421 e. The monoisotopic (exact) mass is 221 g/mol. The molecule has 0 N–H and O–H groups in total. The SMILES string of the molecule is C=CC(=O)OC12CC(CC(=O)O1)CC2C#N. The van der Waals surface area contributed by atoms with E-state index < -0.39 is 23.6 Å². The van der Waals surface area contributed by atoms with E-state index in [1.807, 2.05) is 6.07 Å². The highest BCUT2D eigenvalue weighted by Crippen LogP contribution is 2.48. The van der Waals surface area contributed by atoms with Gasteiger partial charge in [-0.1, -0.05) is 6.58 Å². The minimum absolute atomic E-state index is 0.0727. The summed E-state index contributed by atoms with van der Waals surface area (Å²) in [5, 5.41) is 8.99. The van der Waals surface area contributed by atoms with E-state index in [1.165, 1.54) is 0 Å². The van der Waals surface area contributed by atoms with Crippen molar-refractivity contribution in [2.75, 3.05) is 0 Å². The minimum atomic E-state index is -1.37. The highest BCUT2D eigenvalue weighted by atomic mass is 16.7. The molecule has 1 aliphatic heterocycles. The number of hydrogen-bond acceptors (Lipinski definition) is 5. The van der Waals surface area contributed by atoms with Crippen molar-refractivity contribution in [2.24, 2.45) is 11.8 Å². The number of nitrogens with zero attached hydrogens (tertiary/aromatic N) is 1. The smallest absolute Gasteiger partial charge is 0.333 e. The first-order valence-electron chi connectivity index (χ1n) is 5.06. The molecule has 5 nitrogen and oxygen atoms in total. The van der Waals surface area contributed by atoms with Crippen LogP contribution in [0.15, 0.2) is 12.7 Å². The number of esters is 2. The number of rotatable bonds is 2. The average Bonchev–Trinajstić information content (AvgIpc) is 2.49. The van der Waals surface area contributed by atoms with Gasteiger partial charge in [0.1, 0.15) is 5.92 Å². The Bertz CT molecular complexity index is 397. The molecule has 2 aliphatic rings. The van der Waals surface area contributed by atoms with E-state index in [1.54, 1.807) is 0 Å². The van der Waals surface area contributed by atoms with Gasteiger partial charge in [-0.2, -0.15) is 5.26 Å². The Labute approximate surface area is 92.6 Å². The van der Waals surface area contributed by atoms with Crippen LogP contribution in [0.2, 0.25) is 0 Å². The third kappa shape index (κ3) is 1.56. The van der Waals surface area contributed by atoms with Crippen LogP contribution in [0.3, 0.4) is 0 Å². The molecule has 0 radical (unpaired) electrons. The lowest BCUT2D eigenvalue weighted by Crippen LogP contribution is -2.44. The molecule has 2 fully saturated rings. The highest BCUT2D eigenvalue weighted by molar-refractivity contribution is 5.82. The molecule has 0 spiro atoms. The maximum atomic E-state index is 11.3. The Hall–Kier alpha value is -1.83. The van der Waals surface area contributed by atoms with Crippen molar-refractivity contribution in [1.82, 2.24) is 0 Å². The van der Waals surface area contributed by atoms with Gasteiger partial charge in [0.15, 0.2) is 0 Å². The van der Waals surface area contributed by atoms with Crippen LogP contribution < -0.4 is 0 Å². The number of nitriles is 1. The average molecular weight is 221 g/mol. The van der Waals surface area contributed by atoms with Crippen LogP contribution >= 0.6 is 0 Å². The first-order chi connectivity index (χ1) is 7.59. The lowest BCUT2D eigenvalue weighted by molar-refractivity contribution is -0.239. The summed E-state index contributed by atoms with van der Waals surface area (Å²) in [5.41, 5.74) is 0. The van der Waals surface area contributed by atoms with Crippen LogP contribution in [0.25, 0.3) is 0 Å². The van der Waals surface area contributed by atoms with Gasteiger partial charge in [-0.25, -0.2) is 4.79 Å². The lowest BCUT2D eigenvalue weighted by Gasteiger charge is -2.33. The third-order valence-electron chi connectivity index (χ3n) is 3.01. The van der Waals surface area contributed by atoms with Crippen molar-refractivity contribution < 1.29 is 19.1 Å². The normalized spacial score (nSPS) is 36.1. The number of carbonyl (C=O) groups excluding carboxylic acids is 2. The Kier molecular flexibility index (Phi) is 2.43. The van der Waals surface area contributed by atoms with E-state index in [-0.39, 0.29) is 5.92 Å². The molecule has 1 saturated carbocycles. The summed E-state index contributed by atoms with van der Waals surface area (Å²) >= 11 is 0. The quantitative estimate of drug-likeness (QED) is 0.511. The molecule has 1 heterocycles. The molecule has 2 rings (SSSR count). The molecule has 0 aromatic rings. The summed E-state index contributed by atoms with van der Waals surface area (Å²) in [4.78, 5) is 22.5. The first kappa shape index (κ1) is 10.7. The molecule has 3 unspecified atom stereocenters. The van der Waals surface area contributed by atoms with Crippen molar-refractivity contribution >= 4 is 11.9 Å². The molecule has 5 heteroatoms. The van der Waals surface area contributed by atoms with E-state index in [0.29, 0.717) is 19.3 Å². The highest BCUT2D eigenvalue weighted by Gasteiger charge is 2.57. The van der Waals surface area contributed by atoms with Gasteiger partial charge in [0.25, 0.3) is 5.79 Å². The summed E-state index contributed by atoms with van der Waals surface area (Å²) in [7, 11) is 0. The first-order valence-corrected chi connectivity index (χ1v) is 5.06. The molecular weight excluding hydrogens is 210 g/mol. The minimum Gasteiger partial charge on any atom is -0.421 e. The summed E-state index contributed by atoms with van der Waals surface area (Å²) in [6.45, 7) is 3.28. The van der Waals surface area contributed by atoms with Gasteiger partial charge in [0, 0.05) is 18.9 Å². The van der Waals surface area contributed by atoms with Gasteiger partial charge in [-0.05, 0) is 12.3 Å². The van der Waals surface area contributed by atoms with E-state index in [2.05, 4.69) is 6.58 Å². The zero-order chi connectivity index (χ0) is 11.8. The van der Waals surface area contributed by atoms with Crippen LogP contribution in [0.4, 0.5) is 0 Å². The van der Waals surface area contributed by atoms with Crippen LogP contribution in [0, 0.1) is 23.2 Å². The number of fused-ring (bicyclic) bond motifs is 2. The Balaban J connectivity index is 2.27. The zero-order valence-corrected chi connectivity index (χ0v) is 8.64. The second kappa shape index (κ2) is 3.63. The van der Waals surface area contributed by atoms with Gasteiger partial charge in [-0.15, -0.1) is 0 Å². The van der Waals surface area contributed by atoms with Crippen LogP contribution in [-0.4, -0.2) is 17.7 Å². The molecule has 84 valence electrons. The fourth-order valence-electron chi connectivity index (χ4n) is 2.38. The second-order valence-corrected chi connectivity index (χ2v) is 4.10. The fourth-order valence-corrected chi connectivity index (χ4v) is 2.38. The topological polar surface area (TPSA) is 76.4 Å². The standard InChI is InChI=1S/C11H11NO4/c1-2-9(13)15-11-5-7(3-8(11)6-12)4-10(14)16-11/h2,7-8H,1,3-5H2. The second-order valence-electron chi connectivity index (χ2n) is 4.10. The van der Waals surface area contributed by atoms with E-state index in [4.69, 9.17) is 14.7 Å². The van der Waals surface area contributed by atoms with Gasteiger partial charge in [0.2, 0.25) is 0 Å². The van der Waals surface area contributed by atoms with Crippen molar-refractivity contribution in [3.05, 3.63) is 12.7 Å². The molecule has 2 bridgehead atoms. The number of carbonyl (C=O) groups is 2. The molecule has 0 aromatic heterocycles. The zero-order valence-electron chi connectivity index (χ0n) is 8.64. The maximum Gasteiger partial charge on any atom is 0.333 e. The van der Waals surface area contributed by atoms with E-state index in [9.17, 15) is 9.59 Å². The summed E-state index contributed by atoms with van der Waals surface area (Å²) in [6.07, 6.45) is 2.24. The van der Waals surface area contributed by atoms with Crippen molar-refractivity contribution in [1.29, 1.82) is 5.26 Å². The van der Waals surface area contributed by atoms with Crippen molar-refractivity contribution in [2.45, 2.75) is 25.0 Å². The Morgan fingerprint density at radius 3 is 3.12 bits per heavy atom. The predicted octanol–water partition coefficient (Wildman–Crippen LogP) is 0.909. The molecule has 1 aliphatic carbocycles. The molecule has 3 atom stereocenters. The van der Waals surface area contributed by atoms with E-state index >= 15 is 0 Å². The van der Waals surface area contributed by atoms with Gasteiger partial charge in [-0.3, -0.25) is 4.79 Å². The summed E-state index contributed by atoms with van der Waals surface area (Å²) in [5.74, 6) is -2.96. The molecule has 0 amide bonds. The molecule has 0 aromatic carbocycles. The Morgan fingerprint density at radius 1 is 1.75 bits per heavy atom. The van der Waals surface area contributed by atoms with Crippen LogP contribution in [-0.2, 0) is 19.1 Å². The maximum absolute atomic E-state index is 11.3. The van der Waals surface area contributed by atoms with Crippen molar-refractivity contribution in [3.63, 3.8) is 0 Å². The molecular formula is C11H11NO4. The lowest BCUT2D eigenvalue weighted by atomic mass is 10.0. The Morgan fingerprint density at radius 2 is 2.50 bits per heavy atom. The summed E-state index contributed by atoms with van der Waals surface area (Å²) in [6, 6.07) is 2.04. The third-order valence-corrected chi connectivity index (χ3v) is 3.01. The molecule has 1 saturated heterocycles. The van der Waals surface area contributed by atoms with Gasteiger partial charge in [0.05, 0.1) is 6.07 Å². The number of hydrogen-bond donors (Lipinski definition) is 0. The summed E-state index contributed by atoms with van der Waals surface area (Å²) < 4.78 is 10.2. The van der Waals surface area contributed by atoms with Crippen molar-refractivity contribution in [3.8, 4) is 6.07 Å². The van der Waals surface area contributed by atoms with Gasteiger partial charge < -0.3 is 9.47 Å². The molecule has 16 heavy (non-hydrogen) atoms. The fraction of sp³-hybridized carbons (Fsp3) is 0.545. The van der Waals surface area contributed by atoms with Gasteiger partial charge >= 0.3 is 11.9 Å². The predicted molar refractivity (Wildman–Crippen MR) is 51.6 cm³/mol.